The number of nitrogens with zero attached hydrogens (tertiary/aromatic N) is 6. The first-order valence-electron chi connectivity index (χ1n) is 11.2. The molecule has 0 saturated heterocycles. The highest BCUT2D eigenvalue weighted by molar-refractivity contribution is 6.34. The second kappa shape index (κ2) is 11.9. The lowest BCUT2D eigenvalue weighted by molar-refractivity contribution is 0.0955. The van der Waals surface area contributed by atoms with Crippen LogP contribution in [0.5, 0.6) is 5.75 Å². The second-order valence-corrected chi connectivity index (χ2v) is 8.22. The Morgan fingerprint density at radius 1 is 1.26 bits per heavy atom. The third-order valence-corrected chi connectivity index (χ3v) is 5.68. The Hall–Kier alpha value is -5.16. The SMILES string of the molecule is N#CCOc1ccc(-c2cnc3c(Nc4ccc(C(=O)NCCC(N)=NN=N)c(Cl)c4)nccn23)c(F)c1F. The number of anilines is 2. The molecule has 15 heteroatoms. The predicted octanol–water partition coefficient (Wildman–Crippen LogP) is 4.40. The molecule has 0 aliphatic rings. The molecule has 2 aromatic heterocycles. The molecular formula is C24H19ClF2N10O2. The van der Waals surface area contributed by atoms with Gasteiger partial charge in [-0.15, -0.1) is 5.10 Å². The number of benzene rings is 2. The highest BCUT2D eigenvalue weighted by atomic mass is 35.5. The molecule has 0 aliphatic carbocycles. The van der Waals surface area contributed by atoms with Gasteiger partial charge in [-0.25, -0.2) is 14.4 Å². The summed E-state index contributed by atoms with van der Waals surface area (Å²) >= 11 is 6.33. The molecular weight excluding hydrogens is 534 g/mol. The minimum Gasteiger partial charge on any atom is -0.476 e. The summed E-state index contributed by atoms with van der Waals surface area (Å²) < 4.78 is 35.8. The first kappa shape index (κ1) is 26.9. The van der Waals surface area contributed by atoms with E-state index in [1.54, 1.807) is 12.1 Å². The lowest BCUT2D eigenvalue weighted by Gasteiger charge is -2.11. The Kier molecular flexibility index (Phi) is 8.22. The lowest BCUT2D eigenvalue weighted by atomic mass is 10.1. The van der Waals surface area contributed by atoms with Crippen LogP contribution in [-0.4, -0.2) is 39.3 Å². The van der Waals surface area contributed by atoms with E-state index in [2.05, 4.69) is 30.9 Å². The fourth-order valence-corrected chi connectivity index (χ4v) is 3.85. The largest absolute Gasteiger partial charge is 0.476 e. The standard InChI is InChI=1S/C24H19ClF2N10O2/c25-16-11-13(1-2-14(16)24(38)32-7-5-19(29)35-36-30)34-22-23-33-12-17(37(23)9-8-31-22)15-3-4-18(39-10-6-28)21(27)20(15)26/h1-4,8-9,11-12H,5,7,10H2,(H,31,34)(H,32,38)(H3,29,30,35). The number of hydrogen-bond donors (Lipinski definition) is 4. The summed E-state index contributed by atoms with van der Waals surface area (Å²) in [6.07, 6.45) is 4.57. The summed E-state index contributed by atoms with van der Waals surface area (Å²) in [6.45, 7) is -0.245. The van der Waals surface area contributed by atoms with Crippen molar-refractivity contribution in [3.63, 3.8) is 0 Å². The molecule has 1 amide bonds. The van der Waals surface area contributed by atoms with E-state index in [0.717, 1.165) is 0 Å². The summed E-state index contributed by atoms with van der Waals surface area (Å²) in [5.74, 6) is -2.78. The molecule has 198 valence electrons. The molecule has 0 bridgehead atoms. The first-order chi connectivity index (χ1) is 18.8. The molecule has 0 spiro atoms. The van der Waals surface area contributed by atoms with Gasteiger partial charge < -0.3 is 21.1 Å². The number of carbonyl (C=O) groups excluding carboxylic acids is 1. The van der Waals surface area contributed by atoms with Gasteiger partial charge in [-0.1, -0.05) is 16.8 Å². The molecule has 0 unspecified atom stereocenters. The van der Waals surface area contributed by atoms with E-state index in [4.69, 9.17) is 32.9 Å². The molecule has 12 nitrogen and oxygen atoms in total. The van der Waals surface area contributed by atoms with Crippen LogP contribution < -0.4 is 21.1 Å². The molecule has 0 saturated carbocycles. The number of carbonyl (C=O) groups is 1. The Labute approximate surface area is 224 Å². The summed E-state index contributed by atoms with van der Waals surface area (Å²) in [5, 5.41) is 20.7. The number of rotatable bonds is 10. The Morgan fingerprint density at radius 2 is 2.08 bits per heavy atom. The van der Waals surface area contributed by atoms with Crippen LogP contribution in [0.4, 0.5) is 20.3 Å². The Morgan fingerprint density at radius 3 is 2.82 bits per heavy atom. The molecule has 0 fully saturated rings. The Bertz CT molecular complexity index is 1630. The van der Waals surface area contributed by atoms with Crippen molar-refractivity contribution in [2.45, 2.75) is 6.42 Å². The van der Waals surface area contributed by atoms with Gasteiger partial charge in [-0.2, -0.15) is 15.2 Å². The molecule has 4 aromatic rings. The van der Waals surface area contributed by atoms with Gasteiger partial charge in [-0.3, -0.25) is 9.20 Å². The average Bonchev–Trinajstić information content (AvgIpc) is 3.35. The minimum absolute atomic E-state index is 0.0676. The number of nitrogens with one attached hydrogen (secondary N) is 3. The average molecular weight is 553 g/mol. The summed E-state index contributed by atoms with van der Waals surface area (Å²) in [7, 11) is 0. The van der Waals surface area contributed by atoms with Crippen molar-refractivity contribution in [2.24, 2.45) is 16.1 Å². The predicted molar refractivity (Wildman–Crippen MR) is 138 cm³/mol. The minimum atomic E-state index is -1.22. The van der Waals surface area contributed by atoms with Gasteiger partial charge in [0.1, 0.15) is 11.9 Å². The molecule has 2 aromatic carbocycles. The fraction of sp³-hybridized carbons (Fsp3) is 0.125. The number of amides is 1. The molecule has 0 atom stereocenters. The van der Waals surface area contributed by atoms with Crippen LogP contribution in [0.3, 0.4) is 0 Å². The van der Waals surface area contributed by atoms with Crippen molar-refractivity contribution in [1.29, 1.82) is 10.8 Å². The zero-order chi connectivity index (χ0) is 27.9. The fourth-order valence-electron chi connectivity index (χ4n) is 3.59. The number of fused-ring (bicyclic) bond motifs is 1. The number of halogens is 3. The van der Waals surface area contributed by atoms with Crippen molar-refractivity contribution in [3.8, 4) is 23.1 Å². The van der Waals surface area contributed by atoms with E-state index in [0.29, 0.717) is 17.2 Å². The van der Waals surface area contributed by atoms with E-state index >= 15 is 0 Å². The topological polar surface area (TPSA) is 179 Å². The van der Waals surface area contributed by atoms with Crippen molar-refractivity contribution >= 4 is 40.5 Å². The van der Waals surface area contributed by atoms with Crippen molar-refractivity contribution in [2.75, 3.05) is 18.5 Å². The van der Waals surface area contributed by atoms with Crippen LogP contribution in [0.2, 0.25) is 5.02 Å². The van der Waals surface area contributed by atoms with E-state index < -0.39 is 24.1 Å². The summed E-state index contributed by atoms with van der Waals surface area (Å²) in [5.41, 5.74) is 13.4. The van der Waals surface area contributed by atoms with Crippen LogP contribution in [0, 0.1) is 28.5 Å². The maximum Gasteiger partial charge on any atom is 0.252 e. The van der Waals surface area contributed by atoms with Gasteiger partial charge in [0, 0.05) is 36.6 Å². The highest BCUT2D eigenvalue weighted by Gasteiger charge is 2.20. The normalized spacial score (nSPS) is 11.2. The van der Waals surface area contributed by atoms with Crippen LogP contribution >= 0.6 is 11.6 Å². The zero-order valence-electron chi connectivity index (χ0n) is 20.0. The van der Waals surface area contributed by atoms with Crippen LogP contribution in [0.1, 0.15) is 16.8 Å². The lowest BCUT2D eigenvalue weighted by Crippen LogP contribution is -2.28. The van der Waals surface area contributed by atoms with Crippen LogP contribution in [0.25, 0.3) is 16.9 Å². The number of imidazole rings is 1. The van der Waals surface area contributed by atoms with Gasteiger partial charge in [-0.05, 0) is 30.3 Å². The highest BCUT2D eigenvalue weighted by Crippen LogP contribution is 2.32. The second-order valence-electron chi connectivity index (χ2n) is 7.82. The number of ether oxygens (including phenoxy) is 1. The molecule has 2 heterocycles. The van der Waals surface area contributed by atoms with Crippen LogP contribution in [0.15, 0.2) is 59.2 Å². The monoisotopic (exact) mass is 552 g/mol. The van der Waals surface area contributed by atoms with Crippen molar-refractivity contribution in [1.82, 2.24) is 19.7 Å². The third-order valence-electron chi connectivity index (χ3n) is 5.36. The van der Waals surface area contributed by atoms with Gasteiger partial charge in [0.05, 0.1) is 22.5 Å². The smallest absolute Gasteiger partial charge is 0.252 e. The molecule has 4 rings (SSSR count). The summed E-state index contributed by atoms with van der Waals surface area (Å²) in [6, 6.07) is 8.92. The van der Waals surface area contributed by atoms with Gasteiger partial charge in [0.15, 0.2) is 29.6 Å². The number of hydrogen-bond acceptors (Lipinski definition) is 8. The quantitative estimate of drug-likeness (QED) is 0.0973. The summed E-state index contributed by atoms with van der Waals surface area (Å²) in [4.78, 5) is 21.0. The number of amidine groups is 1. The van der Waals surface area contributed by atoms with E-state index in [-0.39, 0.29) is 46.4 Å². The van der Waals surface area contributed by atoms with E-state index in [9.17, 15) is 13.6 Å². The molecule has 39 heavy (non-hydrogen) atoms. The third kappa shape index (κ3) is 5.89. The number of nitrogens with two attached hydrogens (primary N) is 1. The van der Waals surface area contributed by atoms with Gasteiger partial charge >= 0.3 is 0 Å². The maximum absolute atomic E-state index is 14.8. The number of nitriles is 1. The van der Waals surface area contributed by atoms with Crippen molar-refractivity contribution in [3.05, 3.63) is 71.1 Å². The number of aromatic nitrogens is 3. The molecule has 5 N–H and O–H groups in total. The van der Waals surface area contributed by atoms with Crippen molar-refractivity contribution < 1.29 is 18.3 Å². The Balaban J connectivity index is 1.54. The first-order valence-corrected chi connectivity index (χ1v) is 11.6. The van der Waals surface area contributed by atoms with Crippen LogP contribution in [-0.2, 0) is 0 Å². The van der Waals surface area contributed by atoms with E-state index in [1.807, 2.05) is 0 Å². The molecule has 0 radical (unpaired) electrons. The maximum atomic E-state index is 14.8. The van der Waals surface area contributed by atoms with Gasteiger partial charge in [0.25, 0.3) is 5.91 Å². The van der Waals surface area contributed by atoms with E-state index in [1.165, 1.54) is 47.3 Å². The zero-order valence-corrected chi connectivity index (χ0v) is 20.7. The molecule has 0 aliphatic heterocycles. The van der Waals surface area contributed by atoms with Gasteiger partial charge in [0.2, 0.25) is 5.82 Å².